The van der Waals surface area contributed by atoms with Crippen molar-refractivity contribution in [3.63, 3.8) is 0 Å². The van der Waals surface area contributed by atoms with E-state index in [1.54, 1.807) is 0 Å². The van der Waals surface area contributed by atoms with Crippen molar-refractivity contribution in [1.29, 1.82) is 0 Å². The van der Waals surface area contributed by atoms with Gasteiger partial charge >= 0.3 is 0 Å². The molecule has 1 unspecified atom stereocenters. The van der Waals surface area contributed by atoms with Gasteiger partial charge in [0.15, 0.2) is 0 Å². The van der Waals surface area contributed by atoms with Gasteiger partial charge in [-0.05, 0) is 38.7 Å². The van der Waals surface area contributed by atoms with Crippen LogP contribution in [0.15, 0.2) is 6.07 Å². The average Bonchev–Trinajstić information content (AvgIpc) is 2.58. The Morgan fingerprint density at radius 1 is 1.12 bits per heavy atom. The number of hydrogen-bond donors (Lipinski definition) is 0. The Kier molecular flexibility index (Phi) is 6.31. The zero-order chi connectivity index (χ0) is 12.7. The minimum atomic E-state index is 0.810. The quantitative estimate of drug-likeness (QED) is 0.608. The second-order valence-corrected chi connectivity index (χ2v) is 5.26. The molecule has 2 nitrogen and oxygen atoms in total. The summed E-state index contributed by atoms with van der Waals surface area (Å²) in [7, 11) is 0. The Morgan fingerprint density at radius 3 is 2.41 bits per heavy atom. The van der Waals surface area contributed by atoms with Crippen LogP contribution in [0.2, 0.25) is 0 Å². The minimum absolute atomic E-state index is 0.810. The van der Waals surface area contributed by atoms with E-state index < -0.39 is 0 Å². The van der Waals surface area contributed by atoms with Crippen molar-refractivity contribution in [2.45, 2.75) is 72.8 Å². The average molecular weight is 236 g/mol. The lowest BCUT2D eigenvalue weighted by Crippen LogP contribution is -2.13. The summed E-state index contributed by atoms with van der Waals surface area (Å²) in [6.07, 6.45) is 8.05. The maximum atomic E-state index is 4.58. The van der Waals surface area contributed by atoms with Gasteiger partial charge in [0.2, 0.25) is 0 Å². The molecule has 0 N–H and O–H groups in total. The summed E-state index contributed by atoms with van der Waals surface area (Å²) in [5.74, 6) is 0.810. The predicted molar refractivity (Wildman–Crippen MR) is 74.2 cm³/mol. The van der Waals surface area contributed by atoms with Gasteiger partial charge in [0.25, 0.3) is 0 Å². The molecule has 98 valence electrons. The number of rotatable bonds is 8. The molecule has 0 aliphatic heterocycles. The molecule has 0 aromatic carbocycles. The molecule has 0 fully saturated rings. The summed E-state index contributed by atoms with van der Waals surface area (Å²) in [6.45, 7) is 9.91. The molecule has 0 amide bonds. The normalized spacial score (nSPS) is 12.9. The lowest BCUT2D eigenvalue weighted by atomic mass is 9.96. The van der Waals surface area contributed by atoms with Crippen molar-refractivity contribution in [2.24, 2.45) is 5.92 Å². The van der Waals surface area contributed by atoms with Gasteiger partial charge in [0, 0.05) is 12.2 Å². The van der Waals surface area contributed by atoms with Gasteiger partial charge in [-0.1, -0.05) is 39.5 Å². The van der Waals surface area contributed by atoms with E-state index in [0.717, 1.165) is 18.2 Å². The highest BCUT2D eigenvalue weighted by Gasteiger charge is 2.10. The summed E-state index contributed by atoms with van der Waals surface area (Å²) in [5.41, 5.74) is 2.45. The molecule has 0 saturated heterocycles. The molecule has 1 rings (SSSR count). The molecule has 2 heteroatoms. The standard InChI is InChI=1S/C15H28N2/c1-5-7-8-10-15(9-6-2)12-17-14(4)11-13(3)16-17/h11,15H,5-10,12H2,1-4H3. The highest BCUT2D eigenvalue weighted by molar-refractivity contribution is 5.06. The van der Waals surface area contributed by atoms with E-state index in [1.807, 2.05) is 0 Å². The van der Waals surface area contributed by atoms with E-state index in [4.69, 9.17) is 0 Å². The highest BCUT2D eigenvalue weighted by Crippen LogP contribution is 2.18. The third kappa shape index (κ3) is 4.93. The van der Waals surface area contributed by atoms with Crippen LogP contribution in [0.25, 0.3) is 0 Å². The fourth-order valence-electron chi connectivity index (χ4n) is 2.52. The largest absolute Gasteiger partial charge is 0.269 e. The maximum absolute atomic E-state index is 4.58. The smallest absolute Gasteiger partial charge is 0.0596 e. The minimum Gasteiger partial charge on any atom is -0.269 e. The van der Waals surface area contributed by atoms with Gasteiger partial charge in [-0.2, -0.15) is 5.10 Å². The van der Waals surface area contributed by atoms with E-state index in [0.29, 0.717) is 0 Å². The Balaban J connectivity index is 2.50. The van der Waals surface area contributed by atoms with E-state index in [-0.39, 0.29) is 0 Å². The van der Waals surface area contributed by atoms with Crippen LogP contribution in [0.5, 0.6) is 0 Å². The van der Waals surface area contributed by atoms with E-state index in [9.17, 15) is 0 Å². The number of hydrogen-bond acceptors (Lipinski definition) is 1. The SMILES string of the molecule is CCCCCC(CCC)Cn1nc(C)cc1C. The lowest BCUT2D eigenvalue weighted by Gasteiger charge is -2.17. The predicted octanol–water partition coefficient (Wildman–Crippen LogP) is 4.50. The van der Waals surface area contributed by atoms with Gasteiger partial charge < -0.3 is 0 Å². The van der Waals surface area contributed by atoms with Crippen LogP contribution in [0.3, 0.4) is 0 Å². The first-order valence-electron chi connectivity index (χ1n) is 7.18. The second kappa shape index (κ2) is 7.52. The van der Waals surface area contributed by atoms with Gasteiger partial charge in [0.1, 0.15) is 0 Å². The third-order valence-electron chi connectivity index (χ3n) is 3.45. The molecule has 0 aliphatic carbocycles. The molecule has 1 aromatic heterocycles. The van der Waals surface area contributed by atoms with Gasteiger partial charge in [-0.15, -0.1) is 0 Å². The Hall–Kier alpha value is -0.790. The van der Waals surface area contributed by atoms with E-state index in [2.05, 4.69) is 43.5 Å². The van der Waals surface area contributed by atoms with Crippen molar-refractivity contribution in [2.75, 3.05) is 0 Å². The van der Waals surface area contributed by atoms with Crippen LogP contribution in [0, 0.1) is 19.8 Å². The van der Waals surface area contributed by atoms with Gasteiger partial charge in [-0.25, -0.2) is 0 Å². The first-order valence-corrected chi connectivity index (χ1v) is 7.18. The van der Waals surface area contributed by atoms with Crippen LogP contribution in [-0.2, 0) is 6.54 Å². The molecule has 0 radical (unpaired) electrons. The summed E-state index contributed by atoms with van der Waals surface area (Å²) in [6, 6.07) is 2.18. The van der Waals surface area contributed by atoms with Crippen molar-refractivity contribution >= 4 is 0 Å². The van der Waals surface area contributed by atoms with Crippen molar-refractivity contribution in [3.8, 4) is 0 Å². The Bertz CT molecular complexity index is 315. The molecule has 0 bridgehead atoms. The van der Waals surface area contributed by atoms with Gasteiger partial charge in [0.05, 0.1) is 5.69 Å². The monoisotopic (exact) mass is 236 g/mol. The number of aromatic nitrogens is 2. The molecule has 1 aromatic rings. The zero-order valence-corrected chi connectivity index (χ0v) is 12.0. The van der Waals surface area contributed by atoms with Crippen LogP contribution in [-0.4, -0.2) is 9.78 Å². The molecule has 0 aliphatic rings. The van der Waals surface area contributed by atoms with Crippen LogP contribution < -0.4 is 0 Å². The van der Waals surface area contributed by atoms with Crippen molar-refractivity contribution in [3.05, 3.63) is 17.5 Å². The Labute approximate surface area is 106 Å². The molecule has 17 heavy (non-hydrogen) atoms. The second-order valence-electron chi connectivity index (χ2n) is 5.26. The molecule has 1 heterocycles. The topological polar surface area (TPSA) is 17.8 Å². The maximum Gasteiger partial charge on any atom is 0.0596 e. The fourth-order valence-corrected chi connectivity index (χ4v) is 2.52. The number of nitrogens with zero attached hydrogens (tertiary/aromatic N) is 2. The zero-order valence-electron chi connectivity index (χ0n) is 12.0. The van der Waals surface area contributed by atoms with E-state index in [1.165, 1.54) is 44.2 Å². The lowest BCUT2D eigenvalue weighted by molar-refractivity contribution is 0.351. The van der Waals surface area contributed by atoms with Crippen molar-refractivity contribution < 1.29 is 0 Å². The van der Waals surface area contributed by atoms with Crippen LogP contribution in [0.4, 0.5) is 0 Å². The molecular weight excluding hydrogens is 208 g/mol. The first kappa shape index (κ1) is 14.3. The molecule has 1 atom stereocenters. The molecule has 0 spiro atoms. The summed E-state index contributed by atoms with van der Waals surface area (Å²) in [5, 5.41) is 4.58. The molecule has 0 saturated carbocycles. The highest BCUT2D eigenvalue weighted by atomic mass is 15.3. The van der Waals surface area contributed by atoms with Gasteiger partial charge in [-0.3, -0.25) is 4.68 Å². The fraction of sp³-hybridized carbons (Fsp3) is 0.800. The third-order valence-corrected chi connectivity index (χ3v) is 3.45. The summed E-state index contributed by atoms with van der Waals surface area (Å²) < 4.78 is 2.20. The summed E-state index contributed by atoms with van der Waals surface area (Å²) >= 11 is 0. The summed E-state index contributed by atoms with van der Waals surface area (Å²) in [4.78, 5) is 0. The van der Waals surface area contributed by atoms with Crippen molar-refractivity contribution in [1.82, 2.24) is 9.78 Å². The van der Waals surface area contributed by atoms with E-state index >= 15 is 0 Å². The van der Waals surface area contributed by atoms with Crippen LogP contribution >= 0.6 is 0 Å². The Morgan fingerprint density at radius 2 is 1.88 bits per heavy atom. The number of aryl methyl sites for hydroxylation is 2. The number of unbranched alkanes of at least 4 members (excludes halogenated alkanes) is 2. The molecular formula is C15H28N2. The first-order chi connectivity index (χ1) is 8.17. The van der Waals surface area contributed by atoms with Crippen LogP contribution in [0.1, 0.15) is 63.8 Å².